The quantitative estimate of drug-likeness (QED) is 0.844. The Bertz CT molecular complexity index is 395. The number of hydrogen-bond acceptors (Lipinski definition) is 2. The zero-order chi connectivity index (χ0) is 13.5. The van der Waals surface area contributed by atoms with Gasteiger partial charge in [-0.25, -0.2) is 4.39 Å². The van der Waals surface area contributed by atoms with Gasteiger partial charge in [0, 0.05) is 13.1 Å². The highest BCUT2D eigenvalue weighted by Gasteiger charge is 2.19. The molecule has 0 saturated carbocycles. The first-order valence-electron chi connectivity index (χ1n) is 6.37. The van der Waals surface area contributed by atoms with E-state index >= 15 is 0 Å². The average molecular weight is 252 g/mol. The van der Waals surface area contributed by atoms with Crippen molar-refractivity contribution in [2.24, 2.45) is 5.73 Å². The SMILES string of the molecule is CCCC(N)C(=O)N(CC)Cc1cccc(F)c1. The van der Waals surface area contributed by atoms with Crippen LogP contribution >= 0.6 is 0 Å². The molecule has 0 saturated heterocycles. The Balaban J connectivity index is 2.69. The smallest absolute Gasteiger partial charge is 0.239 e. The number of benzene rings is 1. The number of carbonyl (C=O) groups is 1. The van der Waals surface area contributed by atoms with Gasteiger partial charge in [0.1, 0.15) is 5.82 Å². The molecule has 1 amide bonds. The fourth-order valence-corrected chi connectivity index (χ4v) is 1.87. The van der Waals surface area contributed by atoms with Crippen LogP contribution in [0.2, 0.25) is 0 Å². The van der Waals surface area contributed by atoms with Crippen LogP contribution in [0.4, 0.5) is 4.39 Å². The van der Waals surface area contributed by atoms with Crippen molar-refractivity contribution < 1.29 is 9.18 Å². The lowest BCUT2D eigenvalue weighted by Crippen LogP contribution is -2.43. The number of halogens is 1. The van der Waals surface area contributed by atoms with Crippen LogP contribution in [-0.4, -0.2) is 23.4 Å². The Kier molecular flexibility index (Phi) is 5.78. The zero-order valence-electron chi connectivity index (χ0n) is 11.0. The number of likely N-dealkylation sites (N-methyl/N-ethyl adjacent to an activating group) is 1. The summed E-state index contributed by atoms with van der Waals surface area (Å²) in [6.45, 7) is 4.88. The van der Waals surface area contributed by atoms with Gasteiger partial charge in [0.15, 0.2) is 0 Å². The Morgan fingerprint density at radius 1 is 1.44 bits per heavy atom. The highest BCUT2D eigenvalue weighted by Crippen LogP contribution is 2.09. The lowest BCUT2D eigenvalue weighted by Gasteiger charge is -2.24. The molecule has 0 radical (unpaired) electrons. The van der Waals surface area contributed by atoms with Crippen molar-refractivity contribution in [1.29, 1.82) is 0 Å². The van der Waals surface area contributed by atoms with Gasteiger partial charge in [-0.3, -0.25) is 4.79 Å². The lowest BCUT2D eigenvalue weighted by molar-refractivity contribution is -0.133. The van der Waals surface area contributed by atoms with Crippen LogP contribution in [0.25, 0.3) is 0 Å². The molecule has 1 atom stereocenters. The Labute approximate surface area is 108 Å². The monoisotopic (exact) mass is 252 g/mol. The van der Waals surface area contributed by atoms with Gasteiger partial charge in [0.2, 0.25) is 5.91 Å². The Morgan fingerprint density at radius 2 is 2.17 bits per heavy atom. The van der Waals surface area contributed by atoms with Crippen molar-refractivity contribution in [2.45, 2.75) is 39.3 Å². The molecule has 0 fully saturated rings. The predicted octanol–water partition coefficient (Wildman–Crippen LogP) is 2.30. The second kappa shape index (κ2) is 7.11. The number of hydrogen-bond donors (Lipinski definition) is 1. The molecule has 1 aromatic rings. The summed E-state index contributed by atoms with van der Waals surface area (Å²) in [6, 6.07) is 5.84. The lowest BCUT2D eigenvalue weighted by atomic mass is 10.1. The van der Waals surface area contributed by atoms with Crippen molar-refractivity contribution in [3.05, 3.63) is 35.6 Å². The molecule has 1 rings (SSSR count). The summed E-state index contributed by atoms with van der Waals surface area (Å²) in [7, 11) is 0. The molecule has 0 heterocycles. The van der Waals surface area contributed by atoms with E-state index in [1.165, 1.54) is 12.1 Å². The van der Waals surface area contributed by atoms with E-state index in [1.807, 2.05) is 19.9 Å². The maximum atomic E-state index is 13.1. The third kappa shape index (κ3) is 4.11. The molecule has 4 heteroatoms. The van der Waals surface area contributed by atoms with Crippen molar-refractivity contribution in [3.63, 3.8) is 0 Å². The molecule has 0 aliphatic carbocycles. The van der Waals surface area contributed by atoms with Crippen LogP contribution in [0.1, 0.15) is 32.3 Å². The molecular weight excluding hydrogens is 231 g/mol. The molecule has 0 aliphatic rings. The molecule has 0 spiro atoms. The van der Waals surface area contributed by atoms with Gasteiger partial charge in [-0.05, 0) is 31.0 Å². The minimum atomic E-state index is -0.455. The van der Waals surface area contributed by atoms with Gasteiger partial charge in [-0.15, -0.1) is 0 Å². The highest BCUT2D eigenvalue weighted by molar-refractivity contribution is 5.81. The second-order valence-corrected chi connectivity index (χ2v) is 4.38. The Morgan fingerprint density at radius 3 is 2.72 bits per heavy atom. The van der Waals surface area contributed by atoms with Gasteiger partial charge in [0.25, 0.3) is 0 Å². The second-order valence-electron chi connectivity index (χ2n) is 4.38. The van der Waals surface area contributed by atoms with Crippen molar-refractivity contribution in [1.82, 2.24) is 4.90 Å². The molecule has 1 unspecified atom stereocenters. The predicted molar refractivity (Wildman–Crippen MR) is 70.4 cm³/mol. The number of nitrogens with two attached hydrogens (primary N) is 1. The highest BCUT2D eigenvalue weighted by atomic mass is 19.1. The van der Waals surface area contributed by atoms with E-state index in [0.29, 0.717) is 19.5 Å². The van der Waals surface area contributed by atoms with E-state index in [-0.39, 0.29) is 11.7 Å². The van der Waals surface area contributed by atoms with Crippen LogP contribution in [0.5, 0.6) is 0 Å². The minimum Gasteiger partial charge on any atom is -0.337 e. The molecular formula is C14H21FN2O. The first-order chi connectivity index (χ1) is 8.58. The summed E-state index contributed by atoms with van der Waals surface area (Å²) in [4.78, 5) is 13.7. The molecule has 0 aromatic heterocycles. The van der Waals surface area contributed by atoms with Gasteiger partial charge >= 0.3 is 0 Å². The van der Waals surface area contributed by atoms with Gasteiger partial charge < -0.3 is 10.6 Å². The van der Waals surface area contributed by atoms with Crippen molar-refractivity contribution in [3.8, 4) is 0 Å². The average Bonchev–Trinajstić information content (AvgIpc) is 2.35. The number of carbonyl (C=O) groups excluding carboxylic acids is 1. The van der Waals surface area contributed by atoms with Crippen LogP contribution in [0.3, 0.4) is 0 Å². The number of rotatable bonds is 6. The molecule has 1 aromatic carbocycles. The van der Waals surface area contributed by atoms with E-state index in [2.05, 4.69) is 0 Å². The van der Waals surface area contributed by atoms with Crippen LogP contribution in [0.15, 0.2) is 24.3 Å². The molecule has 0 aliphatic heterocycles. The van der Waals surface area contributed by atoms with Crippen molar-refractivity contribution >= 4 is 5.91 Å². The third-order valence-corrected chi connectivity index (χ3v) is 2.87. The third-order valence-electron chi connectivity index (χ3n) is 2.87. The topological polar surface area (TPSA) is 46.3 Å². The van der Waals surface area contributed by atoms with E-state index in [4.69, 9.17) is 5.73 Å². The van der Waals surface area contributed by atoms with Crippen LogP contribution < -0.4 is 5.73 Å². The zero-order valence-corrected chi connectivity index (χ0v) is 11.0. The molecule has 3 nitrogen and oxygen atoms in total. The molecule has 18 heavy (non-hydrogen) atoms. The summed E-state index contributed by atoms with van der Waals surface area (Å²) in [5.41, 5.74) is 6.61. The van der Waals surface area contributed by atoms with Gasteiger partial charge in [-0.2, -0.15) is 0 Å². The summed E-state index contributed by atoms with van der Waals surface area (Å²) in [5, 5.41) is 0. The maximum absolute atomic E-state index is 13.1. The number of amides is 1. The number of nitrogens with zero attached hydrogens (tertiary/aromatic N) is 1. The van der Waals surface area contributed by atoms with Crippen LogP contribution in [0, 0.1) is 5.82 Å². The maximum Gasteiger partial charge on any atom is 0.239 e. The minimum absolute atomic E-state index is 0.0661. The van der Waals surface area contributed by atoms with Crippen LogP contribution in [-0.2, 0) is 11.3 Å². The summed E-state index contributed by atoms with van der Waals surface area (Å²) < 4.78 is 13.1. The summed E-state index contributed by atoms with van der Waals surface area (Å²) >= 11 is 0. The van der Waals surface area contributed by atoms with E-state index in [9.17, 15) is 9.18 Å². The largest absolute Gasteiger partial charge is 0.337 e. The fourth-order valence-electron chi connectivity index (χ4n) is 1.87. The van der Waals surface area contributed by atoms with E-state index < -0.39 is 6.04 Å². The molecule has 100 valence electrons. The normalized spacial score (nSPS) is 12.2. The van der Waals surface area contributed by atoms with E-state index in [0.717, 1.165) is 12.0 Å². The Hall–Kier alpha value is -1.42. The van der Waals surface area contributed by atoms with Gasteiger partial charge in [0.05, 0.1) is 6.04 Å². The van der Waals surface area contributed by atoms with Crippen molar-refractivity contribution in [2.75, 3.05) is 6.54 Å². The standard InChI is InChI=1S/C14H21FN2O/c1-3-6-13(16)14(18)17(4-2)10-11-7-5-8-12(15)9-11/h5,7-9,13H,3-4,6,10,16H2,1-2H3. The molecule has 2 N–H and O–H groups in total. The van der Waals surface area contributed by atoms with Gasteiger partial charge in [-0.1, -0.05) is 25.5 Å². The fraction of sp³-hybridized carbons (Fsp3) is 0.500. The first kappa shape index (κ1) is 14.6. The van der Waals surface area contributed by atoms with E-state index in [1.54, 1.807) is 11.0 Å². The first-order valence-corrected chi connectivity index (χ1v) is 6.37. The summed E-state index contributed by atoms with van der Waals surface area (Å²) in [5.74, 6) is -0.350. The molecule has 0 bridgehead atoms. The summed E-state index contributed by atoms with van der Waals surface area (Å²) in [6.07, 6.45) is 1.56.